The molecular formula is C12H12FNO3S. The molecule has 96 valence electrons. The molecule has 1 N–H and O–H groups in total. The number of aromatic nitrogens is 1. The highest BCUT2D eigenvalue weighted by atomic mass is 32.2. The van der Waals surface area contributed by atoms with Crippen LogP contribution in [-0.2, 0) is 4.79 Å². The van der Waals surface area contributed by atoms with Crippen molar-refractivity contribution in [1.82, 2.24) is 4.98 Å². The maximum absolute atomic E-state index is 13.6. The number of halogens is 1. The molecule has 0 unspecified atom stereocenters. The van der Waals surface area contributed by atoms with E-state index in [1.54, 1.807) is 6.08 Å². The van der Waals surface area contributed by atoms with Gasteiger partial charge in [-0.15, -0.1) is 0 Å². The summed E-state index contributed by atoms with van der Waals surface area (Å²) in [5.41, 5.74) is -0.412. The number of rotatable bonds is 5. The van der Waals surface area contributed by atoms with Crippen LogP contribution in [0.25, 0.3) is 6.08 Å². The molecule has 0 aliphatic carbocycles. The van der Waals surface area contributed by atoms with Gasteiger partial charge in [0.1, 0.15) is 0 Å². The second kappa shape index (κ2) is 6.90. The summed E-state index contributed by atoms with van der Waals surface area (Å²) in [7, 11) is 0. The first-order valence-corrected chi connectivity index (χ1v) is 6.18. The van der Waals surface area contributed by atoms with E-state index < -0.39 is 17.3 Å². The lowest BCUT2D eigenvalue weighted by Crippen LogP contribution is -2.03. The number of carbonyl (C=O) groups is 2. The van der Waals surface area contributed by atoms with Crippen molar-refractivity contribution in [2.45, 2.75) is 13.3 Å². The van der Waals surface area contributed by atoms with Gasteiger partial charge in [-0.3, -0.25) is 9.78 Å². The standard InChI is InChI=1S/C12H12FNO3S/c1-8(15)18-7-3-2-4-10-11(13)9(12(16)17)5-6-14-10/h2,4-6H,3,7H2,1H3,(H,16,17). The molecule has 0 spiro atoms. The molecule has 6 heteroatoms. The van der Waals surface area contributed by atoms with Crippen LogP contribution in [0.1, 0.15) is 29.4 Å². The molecule has 4 nitrogen and oxygen atoms in total. The number of carboxylic acid groups (broad SMARTS) is 1. The highest BCUT2D eigenvalue weighted by Gasteiger charge is 2.12. The normalized spacial score (nSPS) is 10.8. The van der Waals surface area contributed by atoms with Gasteiger partial charge in [-0.2, -0.15) is 0 Å². The Kier molecular flexibility index (Phi) is 5.51. The zero-order valence-electron chi connectivity index (χ0n) is 9.72. The van der Waals surface area contributed by atoms with Crippen molar-refractivity contribution in [2.24, 2.45) is 0 Å². The van der Waals surface area contributed by atoms with Crippen LogP contribution in [0.15, 0.2) is 18.3 Å². The molecule has 18 heavy (non-hydrogen) atoms. The van der Waals surface area contributed by atoms with Gasteiger partial charge in [0.2, 0.25) is 0 Å². The molecule has 1 aromatic rings. The third kappa shape index (κ3) is 4.29. The molecule has 1 rings (SSSR count). The molecule has 0 saturated carbocycles. The fraction of sp³-hybridized carbons (Fsp3) is 0.250. The van der Waals surface area contributed by atoms with Gasteiger partial charge in [0.25, 0.3) is 0 Å². The van der Waals surface area contributed by atoms with Crippen LogP contribution in [0.3, 0.4) is 0 Å². The van der Waals surface area contributed by atoms with Crippen molar-refractivity contribution in [1.29, 1.82) is 0 Å². The van der Waals surface area contributed by atoms with E-state index >= 15 is 0 Å². The van der Waals surface area contributed by atoms with Gasteiger partial charge in [0.15, 0.2) is 10.9 Å². The van der Waals surface area contributed by atoms with Crippen LogP contribution in [-0.4, -0.2) is 26.9 Å². The van der Waals surface area contributed by atoms with E-state index in [0.29, 0.717) is 12.2 Å². The van der Waals surface area contributed by atoms with E-state index in [2.05, 4.69) is 4.98 Å². The second-order valence-corrected chi connectivity index (χ2v) is 4.67. The molecule has 0 aromatic carbocycles. The maximum atomic E-state index is 13.6. The van der Waals surface area contributed by atoms with Crippen LogP contribution < -0.4 is 0 Å². The first-order chi connectivity index (χ1) is 8.52. The zero-order valence-corrected chi connectivity index (χ0v) is 10.5. The van der Waals surface area contributed by atoms with E-state index in [4.69, 9.17) is 5.11 Å². The van der Waals surface area contributed by atoms with Crippen molar-refractivity contribution < 1.29 is 19.1 Å². The number of aromatic carboxylic acids is 1. The Morgan fingerprint density at radius 3 is 2.89 bits per heavy atom. The van der Waals surface area contributed by atoms with Crippen LogP contribution >= 0.6 is 11.8 Å². The first-order valence-electron chi connectivity index (χ1n) is 5.20. The highest BCUT2D eigenvalue weighted by molar-refractivity contribution is 8.13. The quantitative estimate of drug-likeness (QED) is 0.832. The average Bonchev–Trinajstić information content (AvgIpc) is 2.30. The third-order valence-corrected chi connectivity index (χ3v) is 2.86. The van der Waals surface area contributed by atoms with Gasteiger partial charge >= 0.3 is 5.97 Å². The topological polar surface area (TPSA) is 67.3 Å². The van der Waals surface area contributed by atoms with Crippen molar-refractivity contribution in [3.05, 3.63) is 35.4 Å². The zero-order chi connectivity index (χ0) is 13.5. The Labute approximate surface area is 108 Å². The van der Waals surface area contributed by atoms with Crippen LogP contribution in [0.2, 0.25) is 0 Å². The Balaban J connectivity index is 2.67. The van der Waals surface area contributed by atoms with Crippen molar-refractivity contribution in [2.75, 3.05) is 5.75 Å². The largest absolute Gasteiger partial charge is 0.478 e. The molecule has 0 aliphatic heterocycles. The molecule has 1 heterocycles. The number of hydrogen-bond acceptors (Lipinski definition) is 4. The van der Waals surface area contributed by atoms with E-state index in [-0.39, 0.29) is 10.8 Å². The van der Waals surface area contributed by atoms with Crippen LogP contribution in [0.4, 0.5) is 4.39 Å². The Bertz CT molecular complexity index is 488. The number of carboxylic acids is 1. The number of allylic oxidation sites excluding steroid dienone is 1. The molecule has 0 radical (unpaired) electrons. The van der Waals surface area contributed by atoms with Crippen LogP contribution in [0, 0.1) is 5.82 Å². The Hall–Kier alpha value is -1.69. The van der Waals surface area contributed by atoms with E-state index in [1.165, 1.54) is 31.0 Å². The van der Waals surface area contributed by atoms with Gasteiger partial charge < -0.3 is 5.11 Å². The van der Waals surface area contributed by atoms with E-state index in [0.717, 1.165) is 6.07 Å². The summed E-state index contributed by atoms with van der Waals surface area (Å²) < 4.78 is 13.6. The molecule has 0 fully saturated rings. The van der Waals surface area contributed by atoms with Crippen LogP contribution in [0.5, 0.6) is 0 Å². The minimum Gasteiger partial charge on any atom is -0.478 e. The summed E-state index contributed by atoms with van der Waals surface area (Å²) >= 11 is 1.18. The van der Waals surface area contributed by atoms with E-state index in [9.17, 15) is 14.0 Å². The smallest absolute Gasteiger partial charge is 0.338 e. The van der Waals surface area contributed by atoms with Crippen molar-refractivity contribution in [3.63, 3.8) is 0 Å². The van der Waals surface area contributed by atoms with Gasteiger partial charge in [0, 0.05) is 18.9 Å². The predicted molar refractivity (Wildman–Crippen MR) is 67.9 cm³/mol. The molecule has 0 atom stereocenters. The number of carbonyl (C=O) groups excluding carboxylic acids is 1. The first kappa shape index (κ1) is 14.4. The lowest BCUT2D eigenvalue weighted by Gasteiger charge is -1.99. The SMILES string of the molecule is CC(=O)SCCC=Cc1nccc(C(=O)O)c1F. The number of nitrogens with zero attached hydrogens (tertiary/aromatic N) is 1. The molecule has 0 bridgehead atoms. The molecule has 0 aliphatic rings. The Morgan fingerprint density at radius 1 is 1.56 bits per heavy atom. The molecule has 1 aromatic heterocycles. The second-order valence-electron chi connectivity index (χ2n) is 3.39. The van der Waals surface area contributed by atoms with Gasteiger partial charge in [-0.05, 0) is 18.6 Å². The lowest BCUT2D eigenvalue weighted by molar-refractivity contribution is -0.109. The summed E-state index contributed by atoms with van der Waals surface area (Å²) in [4.78, 5) is 25.1. The molecule has 0 amide bonds. The minimum absolute atomic E-state index is 0.0114. The highest BCUT2D eigenvalue weighted by Crippen LogP contribution is 2.12. The maximum Gasteiger partial charge on any atom is 0.338 e. The predicted octanol–water partition coefficient (Wildman–Crippen LogP) is 2.60. The third-order valence-electron chi connectivity index (χ3n) is 2.01. The number of thioether (sulfide) groups is 1. The summed E-state index contributed by atoms with van der Waals surface area (Å²) in [6.45, 7) is 1.48. The fourth-order valence-corrected chi connectivity index (χ4v) is 1.75. The molecule has 0 saturated heterocycles. The minimum atomic E-state index is -1.32. The van der Waals surface area contributed by atoms with Crippen molar-refractivity contribution >= 4 is 28.9 Å². The summed E-state index contributed by atoms with van der Waals surface area (Å²) in [6.07, 6.45) is 4.91. The van der Waals surface area contributed by atoms with Crippen molar-refractivity contribution in [3.8, 4) is 0 Å². The average molecular weight is 269 g/mol. The number of pyridine rings is 1. The lowest BCUT2D eigenvalue weighted by atomic mass is 10.2. The summed E-state index contributed by atoms with van der Waals surface area (Å²) in [5, 5.41) is 8.76. The monoisotopic (exact) mass is 269 g/mol. The summed E-state index contributed by atoms with van der Waals surface area (Å²) in [5.74, 6) is -1.57. The fourth-order valence-electron chi connectivity index (χ4n) is 1.21. The summed E-state index contributed by atoms with van der Waals surface area (Å²) in [6, 6.07) is 1.11. The molecular weight excluding hydrogens is 257 g/mol. The van der Waals surface area contributed by atoms with E-state index in [1.807, 2.05) is 0 Å². The van der Waals surface area contributed by atoms with Gasteiger partial charge in [0.05, 0.1) is 11.3 Å². The Morgan fingerprint density at radius 2 is 2.28 bits per heavy atom. The number of hydrogen-bond donors (Lipinski definition) is 1. The van der Waals surface area contributed by atoms with Gasteiger partial charge in [-0.25, -0.2) is 9.18 Å². The van der Waals surface area contributed by atoms with Gasteiger partial charge in [-0.1, -0.05) is 17.8 Å².